The van der Waals surface area contributed by atoms with Crippen LogP contribution in [0.2, 0.25) is 0 Å². The Kier molecular flexibility index (Phi) is 6.31. The van der Waals surface area contributed by atoms with Crippen molar-refractivity contribution in [1.29, 1.82) is 0 Å². The van der Waals surface area contributed by atoms with Crippen molar-refractivity contribution in [1.82, 2.24) is 21.2 Å². The second-order valence-electron chi connectivity index (χ2n) is 5.23. The van der Waals surface area contributed by atoms with Gasteiger partial charge < -0.3 is 15.0 Å². The van der Waals surface area contributed by atoms with Crippen LogP contribution in [-0.2, 0) is 4.74 Å². The normalized spacial score (nSPS) is 14.3. The molecule has 1 aromatic rings. The fraction of sp³-hybridized carbons (Fsp3) is 0.500. The number of thiazole rings is 1. The molecule has 0 bridgehead atoms. The third kappa shape index (κ3) is 5.15. The molecule has 2 rings (SSSR count). The molecule has 3 N–H and O–H groups in total. The first-order chi connectivity index (χ1) is 11.0. The van der Waals surface area contributed by atoms with Crippen molar-refractivity contribution in [2.75, 3.05) is 37.7 Å². The van der Waals surface area contributed by atoms with E-state index in [9.17, 15) is 4.79 Å². The fourth-order valence-electron chi connectivity index (χ4n) is 1.93. The minimum absolute atomic E-state index is 0.251. The Morgan fingerprint density at radius 1 is 1.43 bits per heavy atom. The predicted octanol–water partition coefficient (Wildman–Crippen LogP) is 0.973. The minimum atomic E-state index is -0.251. The highest BCUT2D eigenvalue weighted by Gasteiger charge is 2.20. The molecule has 126 valence electrons. The molecule has 0 saturated carbocycles. The van der Waals surface area contributed by atoms with Gasteiger partial charge in [0.1, 0.15) is 4.88 Å². The van der Waals surface area contributed by atoms with E-state index in [1.54, 1.807) is 0 Å². The standard InChI is InChI=1S/C14H21N5O2S2/c1-9(2)8-15-13(22)18-17-12(20)11-10(3)16-14(23-11)19-4-6-21-7-5-19/h1,4-8H2,2-3H3,(H,17,20)(H2,15,18,22). The van der Waals surface area contributed by atoms with Crippen LogP contribution in [0.15, 0.2) is 12.2 Å². The molecule has 23 heavy (non-hydrogen) atoms. The summed E-state index contributed by atoms with van der Waals surface area (Å²) in [6.07, 6.45) is 0. The lowest BCUT2D eigenvalue weighted by Crippen LogP contribution is -2.47. The molecule has 1 saturated heterocycles. The number of hydrogen-bond donors (Lipinski definition) is 3. The molecule has 1 aliphatic heterocycles. The van der Waals surface area contributed by atoms with E-state index in [0.29, 0.717) is 35.4 Å². The zero-order chi connectivity index (χ0) is 16.8. The van der Waals surface area contributed by atoms with Crippen LogP contribution >= 0.6 is 23.6 Å². The zero-order valence-corrected chi connectivity index (χ0v) is 14.9. The number of aromatic nitrogens is 1. The molecule has 2 heterocycles. The Morgan fingerprint density at radius 3 is 2.78 bits per heavy atom. The van der Waals surface area contributed by atoms with Gasteiger partial charge >= 0.3 is 0 Å². The van der Waals surface area contributed by atoms with Crippen LogP contribution in [-0.4, -0.2) is 48.9 Å². The van der Waals surface area contributed by atoms with Crippen LogP contribution < -0.4 is 21.1 Å². The van der Waals surface area contributed by atoms with Gasteiger partial charge in [0.2, 0.25) is 0 Å². The van der Waals surface area contributed by atoms with Gasteiger partial charge in [0.15, 0.2) is 10.2 Å². The zero-order valence-electron chi connectivity index (χ0n) is 13.3. The van der Waals surface area contributed by atoms with Gasteiger partial charge in [0, 0.05) is 19.6 Å². The summed E-state index contributed by atoms with van der Waals surface area (Å²) in [4.78, 5) is 19.4. The van der Waals surface area contributed by atoms with E-state index in [2.05, 4.69) is 32.6 Å². The summed E-state index contributed by atoms with van der Waals surface area (Å²) in [5.74, 6) is -0.251. The van der Waals surface area contributed by atoms with Gasteiger partial charge in [-0.1, -0.05) is 23.5 Å². The van der Waals surface area contributed by atoms with Gasteiger partial charge in [-0.3, -0.25) is 15.6 Å². The highest BCUT2D eigenvalue weighted by atomic mass is 32.1. The number of ether oxygens (including phenoxy) is 1. The van der Waals surface area contributed by atoms with E-state index in [-0.39, 0.29) is 5.91 Å². The molecule has 0 spiro atoms. The number of nitrogens with one attached hydrogen (secondary N) is 3. The largest absolute Gasteiger partial charge is 0.378 e. The van der Waals surface area contributed by atoms with Crippen LogP contribution in [0.1, 0.15) is 22.3 Å². The van der Waals surface area contributed by atoms with E-state index >= 15 is 0 Å². The predicted molar refractivity (Wildman–Crippen MR) is 95.9 cm³/mol. The maximum atomic E-state index is 12.3. The number of nitrogens with zero attached hydrogens (tertiary/aromatic N) is 2. The number of rotatable bonds is 4. The van der Waals surface area contributed by atoms with Crippen LogP contribution in [0.4, 0.5) is 5.13 Å². The first-order valence-electron chi connectivity index (χ1n) is 7.26. The first-order valence-corrected chi connectivity index (χ1v) is 8.48. The summed E-state index contributed by atoms with van der Waals surface area (Å²) in [6.45, 7) is 11.0. The SMILES string of the molecule is C=C(C)CNC(=S)NNC(=O)c1sc(N2CCOCC2)nc1C. The molecular weight excluding hydrogens is 334 g/mol. The van der Waals surface area contributed by atoms with Crippen molar-refractivity contribution in [3.63, 3.8) is 0 Å². The molecule has 7 nitrogen and oxygen atoms in total. The molecular formula is C14H21N5O2S2. The summed E-state index contributed by atoms with van der Waals surface area (Å²) in [5.41, 5.74) is 6.92. The van der Waals surface area contributed by atoms with Crippen LogP contribution in [0.5, 0.6) is 0 Å². The highest BCUT2D eigenvalue weighted by molar-refractivity contribution is 7.80. The number of morpholine rings is 1. The van der Waals surface area contributed by atoms with Crippen molar-refractivity contribution in [3.8, 4) is 0 Å². The van der Waals surface area contributed by atoms with Crippen molar-refractivity contribution < 1.29 is 9.53 Å². The Hall–Kier alpha value is -1.71. The summed E-state index contributed by atoms with van der Waals surface area (Å²) < 4.78 is 5.33. The first kappa shape index (κ1) is 17.6. The van der Waals surface area contributed by atoms with Gasteiger partial charge in [0.25, 0.3) is 5.91 Å². The molecule has 0 aromatic carbocycles. The third-order valence-electron chi connectivity index (χ3n) is 3.11. The van der Waals surface area contributed by atoms with Crippen molar-refractivity contribution >= 4 is 39.7 Å². The lowest BCUT2D eigenvalue weighted by molar-refractivity contribution is 0.0947. The topological polar surface area (TPSA) is 78.5 Å². The van der Waals surface area contributed by atoms with E-state index in [1.165, 1.54) is 11.3 Å². The number of amides is 1. The molecule has 9 heteroatoms. The van der Waals surface area contributed by atoms with Gasteiger partial charge in [0.05, 0.1) is 18.9 Å². The Morgan fingerprint density at radius 2 is 2.13 bits per heavy atom. The molecule has 0 atom stereocenters. The highest BCUT2D eigenvalue weighted by Crippen LogP contribution is 2.26. The number of thiocarbonyl (C=S) groups is 1. The van der Waals surface area contributed by atoms with Gasteiger partial charge in [-0.15, -0.1) is 0 Å². The van der Waals surface area contributed by atoms with Crippen molar-refractivity contribution in [2.45, 2.75) is 13.8 Å². The number of hydrogen-bond acceptors (Lipinski definition) is 6. The van der Waals surface area contributed by atoms with Gasteiger partial charge in [-0.25, -0.2) is 4.98 Å². The number of carbonyl (C=O) groups is 1. The smallest absolute Gasteiger partial charge is 0.281 e. The number of aryl methyl sites for hydroxylation is 1. The Balaban J connectivity index is 1.90. The van der Waals surface area contributed by atoms with Crippen molar-refractivity contribution in [3.05, 3.63) is 22.7 Å². The average molecular weight is 355 g/mol. The quantitative estimate of drug-likeness (QED) is 0.422. The molecule has 0 radical (unpaired) electrons. The Bertz CT molecular complexity index is 596. The molecule has 1 aliphatic rings. The molecule has 0 unspecified atom stereocenters. The maximum absolute atomic E-state index is 12.3. The number of anilines is 1. The monoisotopic (exact) mass is 355 g/mol. The Labute approximate surface area is 145 Å². The summed E-state index contributed by atoms with van der Waals surface area (Å²) in [5, 5.41) is 4.12. The number of carbonyl (C=O) groups excluding carboxylic acids is 1. The lowest BCUT2D eigenvalue weighted by atomic mass is 10.3. The third-order valence-corrected chi connectivity index (χ3v) is 4.58. The fourth-order valence-corrected chi connectivity index (χ4v) is 3.07. The maximum Gasteiger partial charge on any atom is 0.281 e. The lowest BCUT2D eigenvalue weighted by Gasteiger charge is -2.25. The van der Waals surface area contributed by atoms with Crippen molar-refractivity contribution in [2.24, 2.45) is 0 Å². The van der Waals surface area contributed by atoms with E-state index in [4.69, 9.17) is 17.0 Å². The van der Waals surface area contributed by atoms with Crippen LogP contribution in [0.25, 0.3) is 0 Å². The summed E-state index contributed by atoms with van der Waals surface area (Å²) >= 11 is 6.44. The summed E-state index contributed by atoms with van der Waals surface area (Å²) in [6, 6.07) is 0. The van der Waals surface area contributed by atoms with Crippen LogP contribution in [0.3, 0.4) is 0 Å². The van der Waals surface area contributed by atoms with E-state index in [1.807, 2.05) is 13.8 Å². The summed E-state index contributed by atoms with van der Waals surface area (Å²) in [7, 11) is 0. The van der Waals surface area contributed by atoms with Gasteiger partial charge in [-0.2, -0.15) is 0 Å². The van der Waals surface area contributed by atoms with E-state index < -0.39 is 0 Å². The molecule has 1 amide bonds. The average Bonchev–Trinajstić information content (AvgIpc) is 2.93. The second-order valence-corrected chi connectivity index (χ2v) is 6.62. The molecule has 1 aromatic heterocycles. The minimum Gasteiger partial charge on any atom is -0.378 e. The van der Waals surface area contributed by atoms with Crippen LogP contribution in [0, 0.1) is 6.92 Å². The molecule has 0 aliphatic carbocycles. The second kappa shape index (κ2) is 8.23. The van der Waals surface area contributed by atoms with Gasteiger partial charge in [-0.05, 0) is 26.1 Å². The number of hydrazine groups is 1. The van der Waals surface area contributed by atoms with E-state index in [0.717, 1.165) is 23.8 Å². The molecule has 1 fully saturated rings.